The molecular formula is C29H32N6O5S. The average Bonchev–Trinajstić information content (AvgIpc) is 3.62. The molecule has 0 spiro atoms. The molecule has 0 aliphatic carbocycles. The second-order valence-corrected chi connectivity index (χ2v) is 12.1. The van der Waals surface area contributed by atoms with Crippen LogP contribution in [0.25, 0.3) is 11.5 Å². The summed E-state index contributed by atoms with van der Waals surface area (Å²) in [7, 11) is -3.83. The Balaban J connectivity index is 1.33. The number of benzene rings is 1. The number of nitrogens with zero attached hydrogens (tertiary/aromatic N) is 5. The molecule has 0 atom stereocenters. The van der Waals surface area contributed by atoms with Crippen molar-refractivity contribution in [1.82, 2.24) is 19.6 Å². The molecule has 1 aromatic carbocycles. The Morgan fingerprint density at radius 1 is 1.20 bits per heavy atom. The van der Waals surface area contributed by atoms with Gasteiger partial charge in [-0.05, 0) is 30.9 Å². The van der Waals surface area contributed by atoms with Crippen LogP contribution in [-0.4, -0.2) is 54.7 Å². The van der Waals surface area contributed by atoms with E-state index in [2.05, 4.69) is 15.8 Å². The third-order valence-electron chi connectivity index (χ3n) is 7.47. The third kappa shape index (κ3) is 6.57. The number of aromatic nitrogens is 2. The molecule has 0 bridgehead atoms. The van der Waals surface area contributed by atoms with Crippen molar-refractivity contribution in [1.29, 1.82) is 5.26 Å². The van der Waals surface area contributed by atoms with Crippen molar-refractivity contribution in [2.45, 2.75) is 51.3 Å². The van der Waals surface area contributed by atoms with Gasteiger partial charge >= 0.3 is 0 Å². The summed E-state index contributed by atoms with van der Waals surface area (Å²) in [6, 6.07) is 12.6. The van der Waals surface area contributed by atoms with Crippen LogP contribution in [0.1, 0.15) is 55.2 Å². The van der Waals surface area contributed by atoms with Gasteiger partial charge in [0.1, 0.15) is 17.6 Å². The van der Waals surface area contributed by atoms with Crippen molar-refractivity contribution in [3.63, 3.8) is 0 Å². The number of oxazole rings is 1. The first kappa shape index (κ1) is 28.3. The predicted molar refractivity (Wildman–Crippen MR) is 151 cm³/mol. The number of hydrogen-bond acceptors (Lipinski definition) is 9. The molecule has 0 radical (unpaired) electrons. The van der Waals surface area contributed by atoms with Gasteiger partial charge in [-0.3, -0.25) is 14.3 Å². The topological polar surface area (TPSA) is 150 Å². The molecule has 5 rings (SSSR count). The maximum absolute atomic E-state index is 12.8. The number of piperidine rings is 1. The van der Waals surface area contributed by atoms with Crippen LogP contribution >= 0.6 is 0 Å². The number of carbonyl (C=O) groups is 2. The lowest BCUT2D eigenvalue weighted by atomic mass is 9.96. The van der Waals surface area contributed by atoms with Gasteiger partial charge in [0, 0.05) is 38.4 Å². The van der Waals surface area contributed by atoms with E-state index in [-0.39, 0.29) is 18.2 Å². The Morgan fingerprint density at radius 2 is 1.95 bits per heavy atom. The number of hydrogen-bond donors (Lipinski definition) is 1. The fraction of sp³-hybridized carbons (Fsp3) is 0.414. The van der Waals surface area contributed by atoms with Crippen LogP contribution in [0.2, 0.25) is 0 Å². The van der Waals surface area contributed by atoms with Gasteiger partial charge in [-0.2, -0.15) is 5.26 Å². The molecule has 2 fully saturated rings. The Morgan fingerprint density at radius 3 is 2.59 bits per heavy atom. The lowest BCUT2D eigenvalue weighted by molar-refractivity contribution is -0.128. The number of likely N-dealkylation sites (tertiary alicyclic amines) is 1. The van der Waals surface area contributed by atoms with Crippen LogP contribution < -0.4 is 9.62 Å². The van der Waals surface area contributed by atoms with E-state index < -0.39 is 21.8 Å². The Labute approximate surface area is 239 Å². The van der Waals surface area contributed by atoms with Crippen molar-refractivity contribution in [3.05, 3.63) is 65.2 Å². The largest absolute Gasteiger partial charge is 0.441 e. The highest BCUT2D eigenvalue weighted by Gasteiger charge is 2.31. The standard InChI is InChI=1S/C29H32N6O5S/c1-2-23-17-31-29(40-23)24-15-22(16-30)27(32-25(24)18-35-12-6-9-26(35)36)34-13-10-21(11-14-34)28(37)33-41(38,39)19-20-7-4-3-5-8-20/h3-5,7-8,15,17,21H,2,6,9-14,18-19H2,1H3,(H,33,37). The highest BCUT2D eigenvalue weighted by atomic mass is 32.2. The SMILES string of the molecule is CCc1cnc(-c2cc(C#N)c(N3CCC(C(=O)NS(=O)(=O)Cc4ccccc4)CC3)nc2CN2CCCC2=O)o1. The maximum Gasteiger partial charge on any atom is 0.239 e. The van der Waals surface area contributed by atoms with E-state index in [1.807, 2.05) is 11.8 Å². The fourth-order valence-corrected chi connectivity index (χ4v) is 6.41. The normalized spacial score (nSPS) is 16.1. The molecule has 12 heteroatoms. The maximum atomic E-state index is 12.8. The van der Waals surface area contributed by atoms with Crippen molar-refractivity contribution in [2.75, 3.05) is 24.5 Å². The Bertz CT molecular complexity index is 1570. The van der Waals surface area contributed by atoms with Crippen molar-refractivity contribution in [3.8, 4) is 17.5 Å². The molecule has 2 saturated heterocycles. The highest BCUT2D eigenvalue weighted by Crippen LogP contribution is 2.32. The summed E-state index contributed by atoms with van der Waals surface area (Å²) in [5.41, 5.74) is 2.09. The number of pyridine rings is 1. The summed E-state index contributed by atoms with van der Waals surface area (Å²) in [4.78, 5) is 38.2. The summed E-state index contributed by atoms with van der Waals surface area (Å²) < 4.78 is 33.2. The van der Waals surface area contributed by atoms with Gasteiger partial charge in [0.25, 0.3) is 0 Å². The van der Waals surface area contributed by atoms with Crippen LogP contribution in [0.5, 0.6) is 0 Å². The number of nitriles is 1. The molecule has 2 aliphatic rings. The molecule has 0 saturated carbocycles. The van der Waals surface area contributed by atoms with E-state index in [1.165, 1.54) is 0 Å². The molecule has 2 amide bonds. The number of aryl methyl sites for hydroxylation is 1. The monoisotopic (exact) mass is 576 g/mol. The molecule has 2 aliphatic heterocycles. The van der Waals surface area contributed by atoms with Crippen LogP contribution in [0.3, 0.4) is 0 Å². The average molecular weight is 577 g/mol. The fourth-order valence-electron chi connectivity index (χ4n) is 5.24. The third-order valence-corrected chi connectivity index (χ3v) is 8.69. The lowest BCUT2D eigenvalue weighted by Gasteiger charge is -2.33. The minimum absolute atomic E-state index is 0.0550. The second kappa shape index (κ2) is 12.1. The van der Waals surface area contributed by atoms with Crippen LogP contribution in [0.15, 0.2) is 47.0 Å². The zero-order valence-electron chi connectivity index (χ0n) is 22.9. The van der Waals surface area contributed by atoms with E-state index >= 15 is 0 Å². The van der Waals surface area contributed by atoms with Gasteiger partial charge in [-0.1, -0.05) is 37.3 Å². The summed E-state index contributed by atoms with van der Waals surface area (Å²) in [6.07, 6.45) is 4.40. The molecule has 2 aromatic heterocycles. The van der Waals surface area contributed by atoms with Gasteiger partial charge in [0.05, 0.1) is 35.3 Å². The summed E-state index contributed by atoms with van der Waals surface area (Å²) >= 11 is 0. The summed E-state index contributed by atoms with van der Waals surface area (Å²) in [5.74, 6) is 0.307. The van der Waals surface area contributed by atoms with E-state index in [9.17, 15) is 23.3 Å². The van der Waals surface area contributed by atoms with Gasteiger partial charge in [0.2, 0.25) is 27.7 Å². The van der Waals surface area contributed by atoms with Crippen LogP contribution in [0, 0.1) is 17.2 Å². The highest BCUT2D eigenvalue weighted by molar-refractivity contribution is 7.89. The second-order valence-electron chi connectivity index (χ2n) is 10.3. The first-order valence-corrected chi connectivity index (χ1v) is 15.4. The van der Waals surface area contributed by atoms with Gasteiger partial charge < -0.3 is 14.2 Å². The zero-order valence-corrected chi connectivity index (χ0v) is 23.7. The van der Waals surface area contributed by atoms with Crippen molar-refractivity contribution < 1.29 is 22.4 Å². The number of sulfonamides is 1. The molecule has 214 valence electrons. The smallest absolute Gasteiger partial charge is 0.239 e. The number of anilines is 1. The minimum atomic E-state index is -3.83. The molecule has 4 heterocycles. The van der Waals surface area contributed by atoms with Gasteiger partial charge in [-0.25, -0.2) is 18.4 Å². The van der Waals surface area contributed by atoms with E-state index in [4.69, 9.17) is 9.40 Å². The Hall–Kier alpha value is -4.24. The summed E-state index contributed by atoms with van der Waals surface area (Å²) in [5, 5.41) is 10.0. The van der Waals surface area contributed by atoms with E-state index in [1.54, 1.807) is 47.5 Å². The molecule has 41 heavy (non-hydrogen) atoms. The Kier molecular flexibility index (Phi) is 8.35. The molecule has 1 N–H and O–H groups in total. The van der Waals surface area contributed by atoms with Gasteiger partial charge in [-0.15, -0.1) is 0 Å². The lowest BCUT2D eigenvalue weighted by Crippen LogP contribution is -2.43. The molecule has 3 aromatic rings. The zero-order chi connectivity index (χ0) is 29.0. The van der Waals surface area contributed by atoms with E-state index in [0.29, 0.717) is 85.2 Å². The van der Waals surface area contributed by atoms with Crippen molar-refractivity contribution >= 4 is 27.7 Å². The number of carbonyl (C=O) groups excluding carboxylic acids is 2. The first-order valence-electron chi connectivity index (χ1n) is 13.8. The number of rotatable bonds is 9. The van der Waals surface area contributed by atoms with Crippen LogP contribution in [0.4, 0.5) is 5.82 Å². The summed E-state index contributed by atoms with van der Waals surface area (Å²) in [6.45, 7) is 3.69. The van der Waals surface area contributed by atoms with Crippen LogP contribution in [-0.2, 0) is 38.3 Å². The quantitative estimate of drug-likeness (QED) is 0.405. The molecule has 0 unspecified atom stereocenters. The minimum Gasteiger partial charge on any atom is -0.441 e. The predicted octanol–water partition coefficient (Wildman–Crippen LogP) is 3.16. The number of amides is 2. The molecular weight excluding hydrogens is 544 g/mol. The molecule has 11 nitrogen and oxygen atoms in total. The van der Waals surface area contributed by atoms with E-state index in [0.717, 1.165) is 6.42 Å². The number of nitrogens with one attached hydrogen (secondary N) is 1. The van der Waals surface area contributed by atoms with Gasteiger partial charge in [0.15, 0.2) is 0 Å². The van der Waals surface area contributed by atoms with Crippen molar-refractivity contribution in [2.24, 2.45) is 5.92 Å². The first-order chi connectivity index (χ1) is 19.8.